The number of carbonyl (C=O) groups is 2. The highest BCUT2D eigenvalue weighted by atomic mass is 35.5. The van der Waals surface area contributed by atoms with E-state index in [0.29, 0.717) is 6.54 Å². The molecule has 0 aliphatic carbocycles. The van der Waals surface area contributed by atoms with Crippen LogP contribution in [0.3, 0.4) is 0 Å². The first kappa shape index (κ1) is 20.3. The lowest BCUT2D eigenvalue weighted by Crippen LogP contribution is -2.61. The number of carbonyl (C=O) groups excluding carboxylic acids is 2. The van der Waals surface area contributed by atoms with Crippen LogP contribution in [-0.2, 0) is 6.42 Å². The largest absolute Gasteiger partial charge is 0.502 e. The van der Waals surface area contributed by atoms with Crippen molar-refractivity contribution in [2.45, 2.75) is 38.3 Å². The summed E-state index contributed by atoms with van der Waals surface area (Å²) >= 11 is 5.66. The van der Waals surface area contributed by atoms with E-state index in [0.717, 1.165) is 19.3 Å². The van der Waals surface area contributed by atoms with Gasteiger partial charge in [0.05, 0.1) is 5.56 Å². The van der Waals surface area contributed by atoms with Gasteiger partial charge in [0.15, 0.2) is 28.2 Å². The molecule has 0 saturated carbocycles. The summed E-state index contributed by atoms with van der Waals surface area (Å²) in [6.45, 7) is 0.617. The fraction of sp³-hybridized carbons (Fsp3) is 0.400. The molecule has 1 saturated heterocycles. The Morgan fingerprint density at radius 2 is 2.13 bits per heavy atom. The van der Waals surface area contributed by atoms with Gasteiger partial charge in [0.25, 0.3) is 5.91 Å². The lowest BCUT2D eigenvalue weighted by molar-refractivity contribution is 0.0591. The quantitative estimate of drug-likeness (QED) is 0.584. The zero-order chi connectivity index (χ0) is 21.6. The molecule has 1 atom stereocenters. The number of pyridine rings is 2. The van der Waals surface area contributed by atoms with Gasteiger partial charge in [0, 0.05) is 32.4 Å². The van der Waals surface area contributed by atoms with Crippen LogP contribution in [0, 0.1) is 5.82 Å². The minimum absolute atomic E-state index is 0.0167. The van der Waals surface area contributed by atoms with Crippen LogP contribution in [0.25, 0.3) is 0 Å². The smallest absolute Gasteiger partial charge is 0.277 e. The van der Waals surface area contributed by atoms with E-state index in [9.17, 15) is 23.9 Å². The second-order valence-corrected chi connectivity index (χ2v) is 7.83. The van der Waals surface area contributed by atoms with E-state index in [2.05, 4.69) is 4.98 Å². The molecular formula is C20H20ClFN4O4. The second-order valence-electron chi connectivity index (χ2n) is 7.47. The first-order valence-electron chi connectivity index (χ1n) is 9.66. The standard InChI is InChI=1S/C20H20ClFN4O4/c1-24-14-4-2-3-9-25(14)26-10-12(17(28)18(29)16(26)20(24)30)13(27)6-5-11-7-8-23-19(21)15(11)22/h7-8,10,14,29H,2-6,9H2,1H3/t14-/m0/s1. The molecule has 158 valence electrons. The van der Waals surface area contributed by atoms with E-state index in [-0.39, 0.29) is 41.0 Å². The lowest BCUT2D eigenvalue weighted by atomic mass is 10.0. The zero-order valence-electron chi connectivity index (χ0n) is 16.3. The molecule has 4 rings (SSSR count). The van der Waals surface area contributed by atoms with E-state index in [1.807, 2.05) is 5.01 Å². The number of hydrogen-bond donors (Lipinski definition) is 1. The monoisotopic (exact) mass is 434 g/mol. The topological polar surface area (TPSA) is 95.7 Å². The summed E-state index contributed by atoms with van der Waals surface area (Å²) in [6, 6.07) is 1.42. The number of aromatic nitrogens is 2. The Bertz CT molecular complexity index is 1100. The molecule has 4 heterocycles. The third kappa shape index (κ3) is 3.23. The maximum absolute atomic E-state index is 14.0. The van der Waals surface area contributed by atoms with Crippen molar-refractivity contribution >= 4 is 23.3 Å². The van der Waals surface area contributed by atoms with Crippen molar-refractivity contribution in [1.82, 2.24) is 14.6 Å². The highest BCUT2D eigenvalue weighted by molar-refractivity contribution is 6.29. The van der Waals surface area contributed by atoms with Gasteiger partial charge in [-0.25, -0.2) is 9.37 Å². The van der Waals surface area contributed by atoms with Crippen LogP contribution in [0.4, 0.5) is 4.39 Å². The van der Waals surface area contributed by atoms with Gasteiger partial charge in [-0.1, -0.05) is 11.6 Å². The zero-order valence-corrected chi connectivity index (χ0v) is 17.0. The Balaban J connectivity index is 1.69. The molecule has 2 aromatic rings. The van der Waals surface area contributed by atoms with Gasteiger partial charge >= 0.3 is 0 Å². The van der Waals surface area contributed by atoms with Crippen LogP contribution in [0.1, 0.15) is 52.1 Å². The number of aromatic hydroxyl groups is 1. The third-order valence-electron chi connectivity index (χ3n) is 5.70. The first-order chi connectivity index (χ1) is 14.3. The highest BCUT2D eigenvalue weighted by Crippen LogP contribution is 2.29. The average Bonchev–Trinajstić information content (AvgIpc) is 2.74. The van der Waals surface area contributed by atoms with Crippen molar-refractivity contribution in [1.29, 1.82) is 0 Å². The van der Waals surface area contributed by atoms with E-state index >= 15 is 0 Å². The predicted octanol–water partition coefficient (Wildman–Crippen LogP) is 2.09. The number of piperidine rings is 1. The van der Waals surface area contributed by atoms with Gasteiger partial charge in [-0.05, 0) is 37.3 Å². The van der Waals surface area contributed by atoms with E-state index in [4.69, 9.17) is 11.6 Å². The highest BCUT2D eigenvalue weighted by Gasteiger charge is 2.39. The van der Waals surface area contributed by atoms with Crippen molar-refractivity contribution in [2.24, 2.45) is 0 Å². The van der Waals surface area contributed by atoms with Gasteiger partial charge < -0.3 is 10.0 Å². The Kier molecular flexibility index (Phi) is 5.23. The molecule has 0 radical (unpaired) electrons. The molecule has 2 aliphatic rings. The average molecular weight is 435 g/mol. The number of nitrogens with zero attached hydrogens (tertiary/aromatic N) is 4. The van der Waals surface area contributed by atoms with Crippen LogP contribution < -0.4 is 10.4 Å². The van der Waals surface area contributed by atoms with Crippen LogP contribution in [-0.4, -0.2) is 51.1 Å². The summed E-state index contributed by atoms with van der Waals surface area (Å²) < 4.78 is 15.5. The lowest BCUT2D eigenvalue weighted by Gasteiger charge is -2.47. The molecular weight excluding hydrogens is 415 g/mol. The van der Waals surface area contributed by atoms with E-state index in [1.165, 1.54) is 28.0 Å². The Labute approximate surface area is 176 Å². The minimum atomic E-state index is -0.906. The van der Waals surface area contributed by atoms with Gasteiger partial charge in [-0.3, -0.25) is 24.1 Å². The summed E-state index contributed by atoms with van der Waals surface area (Å²) in [5.74, 6) is -2.49. The minimum Gasteiger partial charge on any atom is -0.502 e. The molecule has 10 heteroatoms. The van der Waals surface area contributed by atoms with E-state index < -0.39 is 28.7 Å². The van der Waals surface area contributed by atoms with Crippen molar-refractivity contribution in [2.75, 3.05) is 18.6 Å². The number of fused-ring (bicyclic) bond motifs is 3. The van der Waals surface area contributed by atoms with Crippen LogP contribution in [0.2, 0.25) is 5.15 Å². The van der Waals surface area contributed by atoms with Crippen LogP contribution >= 0.6 is 11.6 Å². The predicted molar refractivity (Wildman–Crippen MR) is 107 cm³/mol. The summed E-state index contributed by atoms with van der Waals surface area (Å²) in [5.41, 5.74) is -1.09. The summed E-state index contributed by atoms with van der Waals surface area (Å²) in [4.78, 5) is 43.3. The molecule has 30 heavy (non-hydrogen) atoms. The summed E-state index contributed by atoms with van der Waals surface area (Å²) in [5, 5.41) is 12.1. The molecule has 1 amide bonds. The molecule has 0 unspecified atom stereocenters. The van der Waals surface area contributed by atoms with Crippen LogP contribution in [0.5, 0.6) is 5.75 Å². The van der Waals surface area contributed by atoms with Crippen molar-refractivity contribution in [3.8, 4) is 5.75 Å². The number of aryl methyl sites for hydroxylation is 1. The van der Waals surface area contributed by atoms with Crippen LogP contribution in [0.15, 0.2) is 23.3 Å². The fourth-order valence-corrected chi connectivity index (χ4v) is 4.24. The molecule has 2 aliphatic heterocycles. The Hall–Kier alpha value is -2.94. The van der Waals surface area contributed by atoms with Gasteiger partial charge in [0.1, 0.15) is 6.17 Å². The number of amides is 1. The van der Waals surface area contributed by atoms with Gasteiger partial charge in [-0.2, -0.15) is 0 Å². The van der Waals surface area contributed by atoms with Crippen molar-refractivity contribution < 1.29 is 19.1 Å². The number of Topliss-reactive ketones (excluding diaryl/α,β-unsaturated/α-hetero) is 1. The fourth-order valence-electron chi connectivity index (χ4n) is 4.07. The third-order valence-corrected chi connectivity index (χ3v) is 5.97. The summed E-state index contributed by atoms with van der Waals surface area (Å²) in [7, 11) is 1.63. The number of halogens is 2. The molecule has 2 aromatic heterocycles. The Morgan fingerprint density at radius 3 is 2.90 bits per heavy atom. The van der Waals surface area contributed by atoms with Gasteiger partial charge in [0.2, 0.25) is 5.43 Å². The SMILES string of the molecule is CN1C(=O)c2c(O)c(=O)c(C(=O)CCc3ccnc(Cl)c3F)cn2N2CCCC[C@@H]12. The summed E-state index contributed by atoms with van der Waals surface area (Å²) in [6.07, 6.45) is 4.88. The normalized spacial score (nSPS) is 18.2. The number of rotatable bonds is 4. The van der Waals surface area contributed by atoms with E-state index in [1.54, 1.807) is 7.05 Å². The molecule has 1 fully saturated rings. The maximum atomic E-state index is 14.0. The second kappa shape index (κ2) is 7.71. The van der Waals surface area contributed by atoms with Gasteiger partial charge in [-0.15, -0.1) is 0 Å². The van der Waals surface area contributed by atoms with Crippen molar-refractivity contribution in [3.63, 3.8) is 0 Å². The maximum Gasteiger partial charge on any atom is 0.277 e. The first-order valence-corrected chi connectivity index (χ1v) is 10.0. The molecule has 0 bridgehead atoms. The Morgan fingerprint density at radius 1 is 1.37 bits per heavy atom. The molecule has 8 nitrogen and oxygen atoms in total. The number of ketones is 1. The number of hydrogen-bond acceptors (Lipinski definition) is 6. The molecule has 0 spiro atoms. The molecule has 0 aromatic carbocycles. The van der Waals surface area contributed by atoms with Crippen molar-refractivity contribution in [3.05, 3.63) is 56.5 Å². The molecule has 1 N–H and O–H groups in total.